The summed E-state index contributed by atoms with van der Waals surface area (Å²) in [7, 11) is 0. The molecule has 0 aliphatic rings. The van der Waals surface area contributed by atoms with E-state index in [1.54, 1.807) is 12.3 Å². The first-order chi connectivity index (χ1) is 10.5. The van der Waals surface area contributed by atoms with Gasteiger partial charge in [-0.15, -0.1) is 0 Å². The molecule has 2 N–H and O–H groups in total. The Bertz CT molecular complexity index is 675. The molecule has 116 valence electrons. The highest BCUT2D eigenvalue weighted by molar-refractivity contribution is 9.10. The van der Waals surface area contributed by atoms with Gasteiger partial charge in [-0.25, -0.2) is 9.97 Å². The van der Waals surface area contributed by atoms with Gasteiger partial charge in [-0.3, -0.25) is 4.79 Å². The molecule has 0 spiro atoms. The van der Waals surface area contributed by atoms with E-state index in [2.05, 4.69) is 36.5 Å². The van der Waals surface area contributed by atoms with Gasteiger partial charge in [0.15, 0.2) is 0 Å². The van der Waals surface area contributed by atoms with Crippen LogP contribution < -0.4 is 10.6 Å². The van der Waals surface area contributed by atoms with E-state index in [0.29, 0.717) is 11.6 Å². The Kier molecular flexibility index (Phi) is 5.49. The van der Waals surface area contributed by atoms with Crippen molar-refractivity contribution >= 4 is 33.5 Å². The van der Waals surface area contributed by atoms with E-state index in [-0.39, 0.29) is 11.9 Å². The van der Waals surface area contributed by atoms with E-state index in [4.69, 9.17) is 0 Å². The van der Waals surface area contributed by atoms with E-state index in [0.717, 1.165) is 22.1 Å². The van der Waals surface area contributed by atoms with Crippen molar-refractivity contribution in [2.45, 2.75) is 33.2 Å². The van der Waals surface area contributed by atoms with Crippen LogP contribution in [0.4, 0.5) is 11.6 Å². The molecular formula is C16H19BrN4O. The number of halogens is 1. The normalized spacial score (nSPS) is 11.8. The second kappa shape index (κ2) is 7.35. The van der Waals surface area contributed by atoms with Gasteiger partial charge in [0.25, 0.3) is 5.91 Å². The van der Waals surface area contributed by atoms with Gasteiger partial charge in [0.05, 0.1) is 5.69 Å². The number of carbonyl (C=O) groups excluding carboxylic acids is 1. The van der Waals surface area contributed by atoms with Crippen molar-refractivity contribution in [2.75, 3.05) is 5.32 Å². The Hall–Kier alpha value is -1.95. The van der Waals surface area contributed by atoms with Crippen LogP contribution in [-0.2, 0) is 0 Å². The third kappa shape index (κ3) is 4.27. The Morgan fingerprint density at radius 3 is 2.82 bits per heavy atom. The summed E-state index contributed by atoms with van der Waals surface area (Å²) < 4.78 is 0.922. The monoisotopic (exact) mass is 362 g/mol. The number of aromatic nitrogens is 2. The quantitative estimate of drug-likeness (QED) is 0.848. The van der Waals surface area contributed by atoms with E-state index < -0.39 is 0 Å². The third-order valence-electron chi connectivity index (χ3n) is 3.25. The van der Waals surface area contributed by atoms with Crippen molar-refractivity contribution in [3.05, 3.63) is 46.2 Å². The molecule has 1 heterocycles. The first-order valence-electron chi connectivity index (χ1n) is 7.16. The topological polar surface area (TPSA) is 66.9 Å². The lowest BCUT2D eigenvalue weighted by molar-refractivity contribution is 0.0934. The van der Waals surface area contributed by atoms with Gasteiger partial charge in [-0.2, -0.15) is 0 Å². The molecule has 6 heteroatoms. The maximum absolute atomic E-state index is 12.1. The lowest BCUT2D eigenvalue weighted by Gasteiger charge is -2.12. The van der Waals surface area contributed by atoms with Crippen LogP contribution in [0.15, 0.2) is 34.9 Å². The molecule has 0 aliphatic heterocycles. The number of hydrogen-bond donors (Lipinski definition) is 2. The van der Waals surface area contributed by atoms with Crippen molar-refractivity contribution in [3.63, 3.8) is 0 Å². The summed E-state index contributed by atoms with van der Waals surface area (Å²) >= 11 is 3.50. The average Bonchev–Trinajstić information content (AvgIpc) is 2.50. The highest BCUT2D eigenvalue weighted by Crippen LogP contribution is 2.25. The van der Waals surface area contributed by atoms with Crippen molar-refractivity contribution in [1.29, 1.82) is 0 Å². The largest absolute Gasteiger partial charge is 0.348 e. The van der Waals surface area contributed by atoms with Crippen molar-refractivity contribution < 1.29 is 4.79 Å². The van der Waals surface area contributed by atoms with Crippen LogP contribution in [0, 0.1) is 6.92 Å². The number of carbonyl (C=O) groups is 1. The number of hydrogen-bond acceptors (Lipinski definition) is 4. The molecule has 0 saturated heterocycles. The second-order valence-electron chi connectivity index (χ2n) is 5.16. The Morgan fingerprint density at radius 2 is 2.14 bits per heavy atom. The van der Waals surface area contributed by atoms with Crippen LogP contribution in [0.25, 0.3) is 0 Å². The molecule has 2 rings (SSSR count). The standard InChI is InChI=1S/C16H19BrN4O/c1-4-11(3)19-15(22)14-7-8-18-16(21-14)20-13-6-5-10(2)9-12(13)17/h5-9,11H,4H2,1-3H3,(H,19,22)(H,18,20,21). The average molecular weight is 363 g/mol. The molecule has 0 saturated carbocycles. The summed E-state index contributed by atoms with van der Waals surface area (Å²) in [5.74, 6) is 0.198. The number of benzene rings is 1. The summed E-state index contributed by atoms with van der Waals surface area (Å²) in [6.45, 7) is 6.00. The SMILES string of the molecule is CCC(C)NC(=O)c1ccnc(Nc2ccc(C)cc2Br)n1. The lowest BCUT2D eigenvalue weighted by atomic mass is 10.2. The minimum atomic E-state index is -0.192. The van der Waals surface area contributed by atoms with Gasteiger partial charge in [-0.1, -0.05) is 13.0 Å². The minimum Gasteiger partial charge on any atom is -0.348 e. The fourth-order valence-corrected chi connectivity index (χ4v) is 2.38. The molecule has 0 aliphatic carbocycles. The highest BCUT2D eigenvalue weighted by atomic mass is 79.9. The highest BCUT2D eigenvalue weighted by Gasteiger charge is 2.11. The van der Waals surface area contributed by atoms with Gasteiger partial charge >= 0.3 is 0 Å². The molecule has 1 amide bonds. The number of anilines is 2. The van der Waals surface area contributed by atoms with Gasteiger partial charge in [0.1, 0.15) is 5.69 Å². The molecule has 1 aromatic heterocycles. The molecular weight excluding hydrogens is 344 g/mol. The Labute approximate surface area is 138 Å². The lowest BCUT2D eigenvalue weighted by Crippen LogP contribution is -2.32. The number of nitrogens with zero attached hydrogens (tertiary/aromatic N) is 2. The van der Waals surface area contributed by atoms with Gasteiger partial charge < -0.3 is 10.6 Å². The molecule has 2 aromatic rings. The van der Waals surface area contributed by atoms with E-state index in [9.17, 15) is 4.79 Å². The minimum absolute atomic E-state index is 0.116. The molecule has 22 heavy (non-hydrogen) atoms. The van der Waals surface area contributed by atoms with Crippen LogP contribution in [0.3, 0.4) is 0 Å². The van der Waals surface area contributed by atoms with E-state index in [1.165, 1.54) is 0 Å². The number of amides is 1. The maximum atomic E-state index is 12.1. The fraction of sp³-hybridized carbons (Fsp3) is 0.312. The molecule has 0 fully saturated rings. The molecule has 1 aromatic carbocycles. The first kappa shape index (κ1) is 16.4. The van der Waals surface area contributed by atoms with Crippen LogP contribution in [-0.4, -0.2) is 21.9 Å². The zero-order chi connectivity index (χ0) is 16.1. The zero-order valence-corrected chi connectivity index (χ0v) is 14.4. The van der Waals surface area contributed by atoms with Crippen molar-refractivity contribution in [1.82, 2.24) is 15.3 Å². The summed E-state index contributed by atoms with van der Waals surface area (Å²) in [5, 5.41) is 6.00. The van der Waals surface area contributed by atoms with Crippen LogP contribution in [0.2, 0.25) is 0 Å². The second-order valence-corrected chi connectivity index (χ2v) is 6.01. The van der Waals surface area contributed by atoms with E-state index in [1.807, 2.05) is 39.0 Å². The molecule has 0 bridgehead atoms. The molecule has 1 unspecified atom stereocenters. The van der Waals surface area contributed by atoms with Crippen molar-refractivity contribution in [3.8, 4) is 0 Å². The zero-order valence-electron chi connectivity index (χ0n) is 12.9. The third-order valence-corrected chi connectivity index (χ3v) is 3.91. The maximum Gasteiger partial charge on any atom is 0.270 e. The molecule has 0 radical (unpaired) electrons. The summed E-state index contributed by atoms with van der Waals surface area (Å²) in [5.41, 5.74) is 2.35. The number of nitrogens with one attached hydrogen (secondary N) is 2. The van der Waals surface area contributed by atoms with Crippen LogP contribution in [0.5, 0.6) is 0 Å². The van der Waals surface area contributed by atoms with Gasteiger partial charge in [0, 0.05) is 16.7 Å². The predicted molar refractivity (Wildman–Crippen MR) is 91.4 cm³/mol. The summed E-state index contributed by atoms with van der Waals surface area (Å²) in [4.78, 5) is 20.5. The van der Waals surface area contributed by atoms with E-state index >= 15 is 0 Å². The fourth-order valence-electron chi connectivity index (χ4n) is 1.79. The summed E-state index contributed by atoms with van der Waals surface area (Å²) in [6.07, 6.45) is 2.45. The van der Waals surface area contributed by atoms with Crippen molar-refractivity contribution in [2.24, 2.45) is 0 Å². The number of rotatable bonds is 5. The smallest absolute Gasteiger partial charge is 0.270 e. The summed E-state index contributed by atoms with van der Waals surface area (Å²) in [6, 6.07) is 7.65. The molecule has 1 atom stereocenters. The Balaban J connectivity index is 2.16. The van der Waals surface area contributed by atoms with Gasteiger partial charge in [0.2, 0.25) is 5.95 Å². The van der Waals surface area contributed by atoms with Crippen LogP contribution >= 0.6 is 15.9 Å². The molecule has 5 nitrogen and oxygen atoms in total. The van der Waals surface area contributed by atoms with Gasteiger partial charge in [-0.05, 0) is 60.0 Å². The predicted octanol–water partition coefficient (Wildman–Crippen LogP) is 3.82. The Morgan fingerprint density at radius 1 is 1.36 bits per heavy atom. The van der Waals surface area contributed by atoms with Crippen LogP contribution in [0.1, 0.15) is 36.3 Å². The first-order valence-corrected chi connectivity index (χ1v) is 7.96. The number of aryl methyl sites for hydroxylation is 1.